The van der Waals surface area contributed by atoms with Gasteiger partial charge in [-0.15, -0.1) is 0 Å². The van der Waals surface area contributed by atoms with Crippen LogP contribution in [0.1, 0.15) is 91.1 Å². The minimum absolute atomic E-state index is 0. The van der Waals surface area contributed by atoms with Crippen LogP contribution >= 0.6 is 46.4 Å². The fraction of sp³-hybridized carbons (Fsp3) is 0.419. The first-order valence-electron chi connectivity index (χ1n) is 18.8. The monoisotopic (exact) mass is 888 g/mol. The van der Waals surface area contributed by atoms with Gasteiger partial charge in [-0.3, -0.25) is 4.79 Å². The van der Waals surface area contributed by atoms with Gasteiger partial charge in [0.05, 0.1) is 44.7 Å². The lowest BCUT2D eigenvalue weighted by Gasteiger charge is -2.33. The number of benzene rings is 2. The average Bonchev–Trinajstić information content (AvgIpc) is 3.77. The number of Topliss-reactive ketones (excluding diaryl/α,β-unsaturated/α-hetero) is 1. The second-order valence-electron chi connectivity index (χ2n) is 15.5. The number of halogens is 6. The topological polar surface area (TPSA) is 104 Å². The van der Waals surface area contributed by atoms with Gasteiger partial charge in [0.2, 0.25) is 0 Å². The van der Waals surface area contributed by atoms with Crippen molar-refractivity contribution in [1.82, 2.24) is 29.2 Å². The predicted molar refractivity (Wildman–Crippen MR) is 237 cm³/mol. The minimum atomic E-state index is -1.12. The Morgan fingerprint density at radius 3 is 1.53 bits per heavy atom. The summed E-state index contributed by atoms with van der Waals surface area (Å²) in [5.74, 6) is 1.78. The molecule has 2 aromatic carbocycles. The Morgan fingerprint density at radius 2 is 1.12 bits per heavy atom. The molecule has 6 aromatic rings. The van der Waals surface area contributed by atoms with Crippen molar-refractivity contribution in [2.45, 2.75) is 80.8 Å². The van der Waals surface area contributed by atoms with Crippen LogP contribution in [0, 0.1) is 23.5 Å². The molecule has 10 nitrogen and oxygen atoms in total. The van der Waals surface area contributed by atoms with Gasteiger partial charge in [0.1, 0.15) is 33.6 Å². The Kier molecular flexibility index (Phi) is 14.2. The Morgan fingerprint density at radius 1 is 0.712 bits per heavy atom. The van der Waals surface area contributed by atoms with Crippen molar-refractivity contribution >= 4 is 75.1 Å². The van der Waals surface area contributed by atoms with E-state index in [0.717, 1.165) is 63.5 Å². The van der Waals surface area contributed by atoms with Gasteiger partial charge in [-0.1, -0.05) is 75.1 Å². The van der Waals surface area contributed by atoms with Crippen molar-refractivity contribution in [1.29, 1.82) is 0 Å². The molecule has 2 aliphatic heterocycles. The molecule has 2 saturated heterocycles. The summed E-state index contributed by atoms with van der Waals surface area (Å²) >= 11 is 26.0. The molecule has 316 valence electrons. The highest BCUT2D eigenvalue weighted by Crippen LogP contribution is 2.44. The fourth-order valence-electron chi connectivity index (χ4n) is 7.46. The van der Waals surface area contributed by atoms with E-state index in [4.69, 9.17) is 46.4 Å². The molecule has 0 atom stereocenters. The molecule has 0 unspecified atom stereocenters. The number of hydrogen-bond acceptors (Lipinski definition) is 8. The van der Waals surface area contributed by atoms with Crippen molar-refractivity contribution in [3.8, 4) is 22.3 Å². The van der Waals surface area contributed by atoms with E-state index in [0.29, 0.717) is 56.5 Å². The molecule has 0 saturated carbocycles. The van der Waals surface area contributed by atoms with Gasteiger partial charge in [0.15, 0.2) is 17.1 Å². The average molecular weight is 891 g/mol. The fourth-order valence-corrected chi connectivity index (χ4v) is 8.51. The van der Waals surface area contributed by atoms with E-state index in [2.05, 4.69) is 43.8 Å². The number of nitrogens with zero attached hydrogens (tertiary/aromatic N) is 8. The Labute approximate surface area is 364 Å². The smallest absolute Gasteiger partial charge is 0.169 e. The van der Waals surface area contributed by atoms with Crippen LogP contribution in [0.4, 0.5) is 20.4 Å². The minimum Gasteiger partial charge on any atom is -0.386 e. The first-order valence-corrected chi connectivity index (χ1v) is 20.3. The van der Waals surface area contributed by atoms with Gasteiger partial charge in [-0.25, -0.2) is 18.7 Å². The van der Waals surface area contributed by atoms with Crippen molar-refractivity contribution in [2.75, 3.05) is 36.0 Å². The van der Waals surface area contributed by atoms with Crippen LogP contribution in [0.5, 0.6) is 0 Å². The third-order valence-corrected chi connectivity index (χ3v) is 11.9. The standard InChI is InChI=1S/C21H23Cl2FN4O.C20H19Cl2FN4O.2CH4/c1-12-6-8-27(9-7-12)20-17(14-5-4-13(24)10-16(14)22)18(23)26-19-15(21(2,3)29)11-25-28(19)20;1-11-5-7-26(8-6-11)20-17(14-4-3-13(23)9-16(14)21)18(22)25-19-15(12(2)28)10-24-27(19)20;;/h4-5,10-12,29H,6-9H2,1-3H3;3-4,9-11H,5-8H2,1-2H3;2*1H4. The van der Waals surface area contributed by atoms with Crippen LogP contribution in [0.3, 0.4) is 0 Å². The lowest BCUT2D eigenvalue weighted by Crippen LogP contribution is -2.35. The second-order valence-corrected chi connectivity index (χ2v) is 17.0. The summed E-state index contributed by atoms with van der Waals surface area (Å²) in [4.78, 5) is 25.4. The van der Waals surface area contributed by atoms with Crippen molar-refractivity contribution < 1.29 is 18.7 Å². The highest BCUT2D eigenvalue weighted by molar-refractivity contribution is 6.37. The van der Waals surface area contributed by atoms with Crippen LogP contribution in [0.15, 0.2) is 48.8 Å². The maximum Gasteiger partial charge on any atom is 0.169 e. The third-order valence-electron chi connectivity index (χ3n) is 10.8. The zero-order valence-corrected chi connectivity index (χ0v) is 35.2. The van der Waals surface area contributed by atoms with Gasteiger partial charge in [0, 0.05) is 42.9 Å². The summed E-state index contributed by atoms with van der Waals surface area (Å²) in [5, 5.41) is 20.5. The lowest BCUT2D eigenvalue weighted by atomic mass is 9.98. The number of piperidine rings is 2. The van der Waals surface area contributed by atoms with Crippen LogP contribution in [-0.4, -0.2) is 66.3 Å². The summed E-state index contributed by atoms with van der Waals surface area (Å²) < 4.78 is 30.6. The maximum absolute atomic E-state index is 13.7. The first kappa shape index (κ1) is 46.0. The number of aromatic nitrogens is 6. The normalized spacial score (nSPS) is 15.2. The van der Waals surface area contributed by atoms with E-state index >= 15 is 0 Å². The molecule has 0 spiro atoms. The Bertz CT molecular complexity index is 2490. The molecule has 1 N–H and O–H groups in total. The first-order chi connectivity index (χ1) is 27.0. The van der Waals surface area contributed by atoms with Gasteiger partial charge in [-0.05, 0) is 94.7 Å². The Balaban J connectivity index is 0.000000217. The zero-order chi connectivity index (χ0) is 40.9. The van der Waals surface area contributed by atoms with E-state index in [1.54, 1.807) is 41.2 Å². The molecule has 0 bridgehead atoms. The van der Waals surface area contributed by atoms with Gasteiger partial charge >= 0.3 is 0 Å². The summed E-state index contributed by atoms with van der Waals surface area (Å²) in [6.45, 7) is 12.6. The molecule has 0 aliphatic carbocycles. The van der Waals surface area contributed by atoms with Crippen LogP contribution in [0.2, 0.25) is 20.4 Å². The highest BCUT2D eigenvalue weighted by atomic mass is 35.5. The molecule has 0 radical (unpaired) electrons. The van der Waals surface area contributed by atoms with Crippen molar-refractivity contribution in [3.63, 3.8) is 0 Å². The molecule has 2 fully saturated rings. The van der Waals surface area contributed by atoms with E-state index < -0.39 is 17.2 Å². The van der Waals surface area contributed by atoms with Crippen LogP contribution in [-0.2, 0) is 5.60 Å². The molecule has 8 rings (SSSR count). The largest absolute Gasteiger partial charge is 0.386 e. The summed E-state index contributed by atoms with van der Waals surface area (Å²) in [6.07, 6.45) is 7.25. The molecule has 59 heavy (non-hydrogen) atoms. The number of rotatable bonds is 6. The molecule has 6 heterocycles. The van der Waals surface area contributed by atoms with Gasteiger partial charge < -0.3 is 14.9 Å². The van der Waals surface area contributed by atoms with E-state index in [1.165, 1.54) is 37.4 Å². The van der Waals surface area contributed by atoms with E-state index in [1.807, 2.05) is 0 Å². The number of aliphatic hydroxyl groups is 1. The zero-order valence-electron chi connectivity index (χ0n) is 32.1. The summed E-state index contributed by atoms with van der Waals surface area (Å²) in [7, 11) is 0. The van der Waals surface area contributed by atoms with Gasteiger partial charge in [0.25, 0.3) is 0 Å². The summed E-state index contributed by atoms with van der Waals surface area (Å²) in [6, 6.07) is 8.43. The highest BCUT2D eigenvalue weighted by Gasteiger charge is 2.31. The van der Waals surface area contributed by atoms with E-state index in [9.17, 15) is 18.7 Å². The quantitative estimate of drug-likeness (QED) is 0.130. The second kappa shape index (κ2) is 18.3. The predicted octanol–water partition coefficient (Wildman–Crippen LogP) is 11.9. The molecule has 0 amide bonds. The lowest BCUT2D eigenvalue weighted by molar-refractivity contribution is 0.0799. The maximum atomic E-state index is 13.7. The third kappa shape index (κ3) is 9.17. The summed E-state index contributed by atoms with van der Waals surface area (Å²) in [5.41, 5.74) is 3.16. The van der Waals surface area contributed by atoms with Crippen LogP contribution in [0.25, 0.3) is 33.5 Å². The number of anilines is 2. The van der Waals surface area contributed by atoms with Crippen LogP contribution < -0.4 is 9.80 Å². The number of hydrogen-bond donors (Lipinski definition) is 1. The molecule has 2 aliphatic rings. The Hall–Kier alpha value is -4.07. The number of fused-ring (bicyclic) bond motifs is 2. The molecular weight excluding hydrogens is 840 g/mol. The molecule has 16 heteroatoms. The number of carbonyl (C=O) groups excluding carboxylic acids is 1. The number of ketones is 1. The van der Waals surface area contributed by atoms with Gasteiger partial charge in [-0.2, -0.15) is 19.2 Å². The number of carbonyl (C=O) groups is 1. The van der Waals surface area contributed by atoms with E-state index in [-0.39, 0.29) is 41.0 Å². The SMILES string of the molecule is C.C.CC(=O)c1cnn2c(N3CCC(C)CC3)c(-c3ccc(F)cc3Cl)c(Cl)nc12.CC1CCN(c2c(-c3ccc(F)cc3Cl)c(Cl)nc3c(C(C)(C)O)cnn23)CC1. The molecular formula is C43H50Cl4F2N8O2. The van der Waals surface area contributed by atoms with Crippen molar-refractivity contribution in [2.24, 2.45) is 11.8 Å². The molecule has 4 aromatic heterocycles. The van der Waals surface area contributed by atoms with Crippen molar-refractivity contribution in [3.05, 3.63) is 91.9 Å².